The first-order chi connectivity index (χ1) is 12.6. The summed E-state index contributed by atoms with van der Waals surface area (Å²) in [6.45, 7) is 1.62. The van der Waals surface area contributed by atoms with Gasteiger partial charge in [-0.2, -0.15) is 0 Å². The highest BCUT2D eigenvalue weighted by Crippen LogP contribution is 2.37. The summed E-state index contributed by atoms with van der Waals surface area (Å²) in [6.07, 6.45) is 4.94. The van der Waals surface area contributed by atoms with Crippen molar-refractivity contribution in [3.05, 3.63) is 41.2 Å². The Morgan fingerprint density at radius 1 is 1.12 bits per heavy atom. The minimum atomic E-state index is -0.0120. The minimum Gasteiger partial charge on any atom is -0.495 e. The molecule has 1 aromatic carbocycles. The number of nitrogens with one attached hydrogen (secondary N) is 1. The number of carbonyl (C=O) groups is 1. The van der Waals surface area contributed by atoms with Crippen LogP contribution in [0.15, 0.2) is 30.5 Å². The lowest BCUT2D eigenvalue weighted by Crippen LogP contribution is -2.36. The molecule has 138 valence electrons. The molecule has 1 fully saturated rings. The molecule has 0 aliphatic carbocycles. The molecule has 1 saturated heterocycles. The van der Waals surface area contributed by atoms with Crippen molar-refractivity contribution in [2.24, 2.45) is 0 Å². The van der Waals surface area contributed by atoms with Crippen molar-refractivity contribution in [1.82, 2.24) is 9.88 Å². The van der Waals surface area contributed by atoms with Crippen molar-refractivity contribution >= 4 is 28.9 Å². The molecular formula is C19H22ClN3O3. The van der Waals surface area contributed by atoms with E-state index in [1.807, 2.05) is 11.0 Å². The van der Waals surface area contributed by atoms with Gasteiger partial charge in [0.05, 0.1) is 36.8 Å². The molecule has 2 heterocycles. The van der Waals surface area contributed by atoms with E-state index in [0.29, 0.717) is 27.9 Å². The molecule has 1 N–H and O–H groups in total. The molecular weight excluding hydrogens is 354 g/mol. The van der Waals surface area contributed by atoms with Gasteiger partial charge in [0.1, 0.15) is 17.2 Å². The highest BCUT2D eigenvalue weighted by Gasteiger charge is 2.19. The van der Waals surface area contributed by atoms with Crippen LogP contribution < -0.4 is 14.8 Å². The van der Waals surface area contributed by atoms with Crippen LogP contribution in [-0.2, 0) is 0 Å². The molecule has 3 rings (SSSR count). The molecule has 26 heavy (non-hydrogen) atoms. The normalized spacial score (nSPS) is 14.0. The Morgan fingerprint density at radius 2 is 1.85 bits per heavy atom. The monoisotopic (exact) mass is 375 g/mol. The molecule has 0 bridgehead atoms. The smallest absolute Gasteiger partial charge is 0.272 e. The number of carbonyl (C=O) groups excluding carboxylic acids is 1. The Hall–Kier alpha value is -2.47. The lowest BCUT2D eigenvalue weighted by Gasteiger charge is -2.26. The lowest BCUT2D eigenvalue weighted by molar-refractivity contribution is 0.0718. The number of benzene rings is 1. The number of methoxy groups -OCH3 is 2. The third-order valence-electron chi connectivity index (χ3n) is 4.38. The Kier molecular flexibility index (Phi) is 5.83. The highest BCUT2D eigenvalue weighted by atomic mass is 35.5. The highest BCUT2D eigenvalue weighted by molar-refractivity contribution is 6.32. The van der Waals surface area contributed by atoms with E-state index in [9.17, 15) is 4.79 Å². The maximum absolute atomic E-state index is 12.5. The first-order valence-corrected chi connectivity index (χ1v) is 8.94. The van der Waals surface area contributed by atoms with Crippen molar-refractivity contribution in [2.45, 2.75) is 19.3 Å². The van der Waals surface area contributed by atoms with Crippen LogP contribution in [0.1, 0.15) is 29.8 Å². The SMILES string of the molecule is COc1cc(Nc2ccc(C(=O)N3CCCCC3)nc2)c(OC)cc1Cl. The van der Waals surface area contributed by atoms with Gasteiger partial charge < -0.3 is 19.7 Å². The van der Waals surface area contributed by atoms with E-state index >= 15 is 0 Å². The quantitative estimate of drug-likeness (QED) is 0.851. The fourth-order valence-corrected chi connectivity index (χ4v) is 3.20. The third kappa shape index (κ3) is 4.02. The van der Waals surface area contributed by atoms with Gasteiger partial charge in [-0.25, -0.2) is 4.98 Å². The molecule has 6 nitrogen and oxygen atoms in total. The van der Waals surface area contributed by atoms with Crippen LogP contribution in [0.2, 0.25) is 5.02 Å². The number of pyridine rings is 1. The molecule has 1 amide bonds. The number of rotatable bonds is 5. The van der Waals surface area contributed by atoms with Gasteiger partial charge in [-0.1, -0.05) is 11.6 Å². The molecule has 0 radical (unpaired) electrons. The number of piperidine rings is 1. The second-order valence-corrected chi connectivity index (χ2v) is 6.50. The summed E-state index contributed by atoms with van der Waals surface area (Å²) in [5.74, 6) is 1.12. The number of aromatic nitrogens is 1. The van der Waals surface area contributed by atoms with E-state index in [0.717, 1.165) is 31.6 Å². The first kappa shape index (κ1) is 18.3. The molecule has 0 saturated carbocycles. The molecule has 1 aliphatic heterocycles. The fraction of sp³-hybridized carbons (Fsp3) is 0.368. The number of ether oxygens (including phenoxy) is 2. The van der Waals surface area contributed by atoms with Crippen molar-refractivity contribution in [3.63, 3.8) is 0 Å². The van der Waals surface area contributed by atoms with Crippen molar-refractivity contribution < 1.29 is 14.3 Å². The van der Waals surface area contributed by atoms with Crippen LogP contribution in [0.25, 0.3) is 0 Å². The zero-order valence-electron chi connectivity index (χ0n) is 14.9. The number of anilines is 2. The molecule has 1 aromatic heterocycles. The predicted octanol–water partition coefficient (Wildman–Crippen LogP) is 4.12. The topological polar surface area (TPSA) is 63.7 Å². The summed E-state index contributed by atoms with van der Waals surface area (Å²) < 4.78 is 10.6. The Morgan fingerprint density at radius 3 is 2.46 bits per heavy atom. The van der Waals surface area contributed by atoms with Crippen LogP contribution in [-0.4, -0.2) is 43.1 Å². The van der Waals surface area contributed by atoms with Gasteiger partial charge in [0.25, 0.3) is 5.91 Å². The first-order valence-electron chi connectivity index (χ1n) is 8.56. The van der Waals surface area contributed by atoms with E-state index in [4.69, 9.17) is 21.1 Å². The van der Waals surface area contributed by atoms with Crippen LogP contribution in [0, 0.1) is 0 Å². The van der Waals surface area contributed by atoms with Gasteiger partial charge in [-0.05, 0) is 31.4 Å². The van der Waals surface area contributed by atoms with E-state index in [2.05, 4.69) is 10.3 Å². The number of likely N-dealkylation sites (tertiary alicyclic amines) is 1. The summed E-state index contributed by atoms with van der Waals surface area (Å²) in [4.78, 5) is 18.7. The fourth-order valence-electron chi connectivity index (χ4n) is 2.97. The molecule has 0 spiro atoms. The number of nitrogens with zero attached hydrogens (tertiary/aromatic N) is 2. The molecule has 7 heteroatoms. The second-order valence-electron chi connectivity index (χ2n) is 6.10. The molecule has 0 unspecified atom stereocenters. The Balaban J connectivity index is 1.76. The van der Waals surface area contributed by atoms with E-state index in [-0.39, 0.29) is 5.91 Å². The number of hydrogen-bond donors (Lipinski definition) is 1. The summed E-state index contributed by atoms with van der Waals surface area (Å²) in [5, 5.41) is 3.69. The number of hydrogen-bond acceptors (Lipinski definition) is 5. The standard InChI is InChI=1S/C19H22ClN3O3/c1-25-17-11-16(18(26-2)10-14(17)20)22-13-6-7-15(21-12-13)19(24)23-8-4-3-5-9-23/h6-7,10-12,22H,3-5,8-9H2,1-2H3. The summed E-state index contributed by atoms with van der Waals surface area (Å²) in [7, 11) is 3.13. The Bertz CT molecular complexity index is 774. The maximum Gasteiger partial charge on any atom is 0.272 e. The van der Waals surface area contributed by atoms with Gasteiger partial charge in [-0.3, -0.25) is 4.79 Å². The van der Waals surface area contributed by atoms with E-state index in [1.54, 1.807) is 38.6 Å². The number of amides is 1. The van der Waals surface area contributed by atoms with Crippen LogP contribution in [0.4, 0.5) is 11.4 Å². The van der Waals surface area contributed by atoms with E-state index in [1.165, 1.54) is 6.42 Å². The van der Waals surface area contributed by atoms with Crippen LogP contribution >= 0.6 is 11.6 Å². The Labute approximate surface area is 158 Å². The van der Waals surface area contributed by atoms with Gasteiger partial charge in [0.15, 0.2) is 0 Å². The average molecular weight is 376 g/mol. The van der Waals surface area contributed by atoms with Crippen molar-refractivity contribution in [2.75, 3.05) is 32.6 Å². The van der Waals surface area contributed by atoms with Gasteiger partial charge in [0, 0.05) is 25.2 Å². The number of halogens is 1. The van der Waals surface area contributed by atoms with E-state index < -0.39 is 0 Å². The van der Waals surface area contributed by atoms with Gasteiger partial charge in [0.2, 0.25) is 0 Å². The van der Waals surface area contributed by atoms with Gasteiger partial charge in [-0.15, -0.1) is 0 Å². The zero-order valence-corrected chi connectivity index (χ0v) is 15.7. The molecule has 1 aliphatic rings. The summed E-state index contributed by atoms with van der Waals surface area (Å²) in [5.41, 5.74) is 1.90. The largest absolute Gasteiger partial charge is 0.495 e. The lowest BCUT2D eigenvalue weighted by atomic mass is 10.1. The second kappa shape index (κ2) is 8.27. The van der Waals surface area contributed by atoms with Gasteiger partial charge >= 0.3 is 0 Å². The van der Waals surface area contributed by atoms with Crippen molar-refractivity contribution in [1.29, 1.82) is 0 Å². The predicted molar refractivity (Wildman–Crippen MR) is 102 cm³/mol. The minimum absolute atomic E-state index is 0.0120. The summed E-state index contributed by atoms with van der Waals surface area (Å²) in [6, 6.07) is 7.00. The van der Waals surface area contributed by atoms with Crippen molar-refractivity contribution in [3.8, 4) is 11.5 Å². The zero-order chi connectivity index (χ0) is 18.5. The maximum atomic E-state index is 12.5. The molecule has 0 atom stereocenters. The van der Waals surface area contributed by atoms with Crippen LogP contribution in [0.5, 0.6) is 11.5 Å². The van der Waals surface area contributed by atoms with Crippen LogP contribution in [0.3, 0.4) is 0 Å². The summed E-state index contributed by atoms with van der Waals surface area (Å²) >= 11 is 6.13. The third-order valence-corrected chi connectivity index (χ3v) is 4.67. The average Bonchev–Trinajstić information content (AvgIpc) is 2.69. The molecule has 2 aromatic rings.